The van der Waals surface area contributed by atoms with Crippen molar-refractivity contribution in [2.24, 2.45) is 0 Å². The molecular formula is C16H15F3N4O6. The molecule has 156 valence electrons. The number of imidazole rings is 1. The van der Waals surface area contributed by atoms with Gasteiger partial charge in [0, 0.05) is 12.8 Å². The lowest BCUT2D eigenvalue weighted by molar-refractivity contribution is -0.397. The number of nitro groups is 1. The molecule has 1 amide bonds. The Kier molecular flexibility index (Phi) is 6.88. The van der Waals surface area contributed by atoms with Crippen LogP contribution in [0.2, 0.25) is 0 Å². The SMILES string of the molecule is COC[C@H](Cn1ccnc1[N+](=O)[O-])OC(=O)c1ccc(NC(=O)C(F)(F)F)cc1. The zero-order chi connectivity index (χ0) is 21.6. The molecule has 1 atom stereocenters. The number of esters is 1. The van der Waals surface area contributed by atoms with Crippen LogP contribution in [0.15, 0.2) is 36.7 Å². The number of hydrogen-bond donors (Lipinski definition) is 1. The van der Waals surface area contributed by atoms with Gasteiger partial charge in [0.1, 0.15) is 18.9 Å². The van der Waals surface area contributed by atoms with Gasteiger partial charge in [-0.15, -0.1) is 0 Å². The van der Waals surface area contributed by atoms with E-state index in [1.54, 1.807) is 5.32 Å². The number of anilines is 1. The molecule has 2 rings (SSSR count). The van der Waals surface area contributed by atoms with Crippen molar-refractivity contribution in [3.63, 3.8) is 0 Å². The molecular weight excluding hydrogens is 401 g/mol. The molecule has 0 radical (unpaired) electrons. The van der Waals surface area contributed by atoms with Crippen LogP contribution in [0.5, 0.6) is 0 Å². The molecule has 0 bridgehead atoms. The lowest BCUT2D eigenvalue weighted by atomic mass is 10.2. The van der Waals surface area contributed by atoms with Crippen molar-refractivity contribution in [1.82, 2.24) is 9.55 Å². The van der Waals surface area contributed by atoms with Crippen LogP contribution in [-0.2, 0) is 20.8 Å². The smallest absolute Gasteiger partial charge is 0.453 e. The number of hydrogen-bond acceptors (Lipinski definition) is 7. The Labute approximate surface area is 161 Å². The van der Waals surface area contributed by atoms with Crippen LogP contribution in [0.1, 0.15) is 10.4 Å². The predicted molar refractivity (Wildman–Crippen MR) is 91.1 cm³/mol. The first-order valence-electron chi connectivity index (χ1n) is 7.95. The van der Waals surface area contributed by atoms with Gasteiger partial charge in [0.15, 0.2) is 6.10 Å². The fraction of sp³-hybridized carbons (Fsp3) is 0.312. The summed E-state index contributed by atoms with van der Waals surface area (Å²) in [5.41, 5.74) is -0.164. The molecule has 13 heteroatoms. The molecule has 10 nitrogen and oxygen atoms in total. The first-order chi connectivity index (χ1) is 13.6. The fourth-order valence-corrected chi connectivity index (χ4v) is 2.26. The maximum Gasteiger partial charge on any atom is 0.471 e. The molecule has 1 N–H and O–H groups in total. The van der Waals surface area contributed by atoms with E-state index in [2.05, 4.69) is 4.98 Å². The van der Waals surface area contributed by atoms with Crippen molar-refractivity contribution in [3.8, 4) is 0 Å². The zero-order valence-corrected chi connectivity index (χ0v) is 14.9. The summed E-state index contributed by atoms with van der Waals surface area (Å²) in [6.45, 7) is -0.170. The number of carbonyl (C=O) groups is 2. The Morgan fingerprint density at radius 1 is 1.31 bits per heavy atom. The second-order valence-electron chi connectivity index (χ2n) is 5.65. The second-order valence-corrected chi connectivity index (χ2v) is 5.65. The van der Waals surface area contributed by atoms with E-state index in [0.717, 1.165) is 24.3 Å². The molecule has 0 fully saturated rings. The van der Waals surface area contributed by atoms with E-state index >= 15 is 0 Å². The summed E-state index contributed by atoms with van der Waals surface area (Å²) in [6, 6.07) is 4.54. The highest BCUT2D eigenvalue weighted by atomic mass is 19.4. The number of amides is 1. The van der Waals surface area contributed by atoms with Gasteiger partial charge in [0.05, 0.1) is 12.2 Å². The fourth-order valence-electron chi connectivity index (χ4n) is 2.26. The van der Waals surface area contributed by atoms with Crippen LogP contribution >= 0.6 is 0 Å². The molecule has 0 aliphatic carbocycles. The highest BCUT2D eigenvalue weighted by Crippen LogP contribution is 2.19. The quantitative estimate of drug-likeness (QED) is 0.397. The van der Waals surface area contributed by atoms with Gasteiger partial charge in [-0.3, -0.25) is 4.79 Å². The summed E-state index contributed by atoms with van der Waals surface area (Å²) in [5, 5.41) is 12.6. The molecule has 0 aliphatic heterocycles. The average molecular weight is 416 g/mol. The summed E-state index contributed by atoms with van der Waals surface area (Å²) in [7, 11) is 1.35. The molecule has 1 heterocycles. The van der Waals surface area contributed by atoms with Gasteiger partial charge in [-0.1, -0.05) is 4.98 Å². The zero-order valence-electron chi connectivity index (χ0n) is 14.9. The number of rotatable bonds is 8. The van der Waals surface area contributed by atoms with E-state index in [1.165, 1.54) is 24.1 Å². The van der Waals surface area contributed by atoms with Crippen LogP contribution in [0.25, 0.3) is 0 Å². The molecule has 29 heavy (non-hydrogen) atoms. The number of halogens is 3. The molecule has 0 spiro atoms. The summed E-state index contributed by atoms with van der Waals surface area (Å²) in [4.78, 5) is 37.0. The molecule has 1 aromatic carbocycles. The van der Waals surface area contributed by atoms with E-state index in [-0.39, 0.29) is 24.4 Å². The van der Waals surface area contributed by atoms with E-state index in [4.69, 9.17) is 9.47 Å². The maximum absolute atomic E-state index is 12.3. The molecule has 0 saturated carbocycles. The van der Waals surface area contributed by atoms with Crippen LogP contribution in [0, 0.1) is 10.1 Å². The van der Waals surface area contributed by atoms with Crippen molar-refractivity contribution in [3.05, 3.63) is 52.3 Å². The van der Waals surface area contributed by atoms with Gasteiger partial charge >= 0.3 is 24.0 Å². The van der Waals surface area contributed by atoms with Crippen LogP contribution < -0.4 is 5.32 Å². The van der Waals surface area contributed by atoms with Crippen molar-refractivity contribution < 1.29 is 37.2 Å². The summed E-state index contributed by atoms with van der Waals surface area (Å²) >= 11 is 0. The van der Waals surface area contributed by atoms with Crippen molar-refractivity contribution in [1.29, 1.82) is 0 Å². The number of benzene rings is 1. The topological polar surface area (TPSA) is 126 Å². The number of nitrogens with one attached hydrogen (secondary N) is 1. The number of nitrogens with zero attached hydrogens (tertiary/aromatic N) is 3. The Morgan fingerprint density at radius 3 is 2.52 bits per heavy atom. The standard InChI is InChI=1S/C16H15F3N4O6/c1-28-9-12(8-22-7-6-20-15(22)23(26)27)29-13(24)10-2-4-11(5-3-10)21-14(25)16(17,18)19/h2-7,12H,8-9H2,1H3,(H,21,25)/t12-/m0/s1. The van der Waals surface area contributed by atoms with E-state index < -0.39 is 35.0 Å². The number of ether oxygens (including phenoxy) is 2. The van der Waals surface area contributed by atoms with E-state index in [1.807, 2.05) is 0 Å². The summed E-state index contributed by atoms with van der Waals surface area (Å²) in [6.07, 6.45) is -3.38. The largest absolute Gasteiger partial charge is 0.471 e. The first-order valence-corrected chi connectivity index (χ1v) is 7.95. The minimum atomic E-state index is -5.04. The molecule has 0 aliphatic rings. The van der Waals surface area contributed by atoms with Crippen molar-refractivity contribution in [2.75, 3.05) is 19.0 Å². The number of methoxy groups -OCH3 is 1. The van der Waals surface area contributed by atoms with Crippen LogP contribution in [-0.4, -0.2) is 52.3 Å². The average Bonchev–Trinajstić information content (AvgIpc) is 3.10. The Balaban J connectivity index is 2.05. The van der Waals surface area contributed by atoms with Crippen molar-refractivity contribution >= 4 is 23.5 Å². The number of aromatic nitrogens is 2. The van der Waals surface area contributed by atoms with Gasteiger partial charge in [-0.25, -0.2) is 9.36 Å². The maximum atomic E-state index is 12.3. The summed E-state index contributed by atoms with van der Waals surface area (Å²) < 4.78 is 48.1. The van der Waals surface area contributed by atoms with Gasteiger partial charge < -0.3 is 24.9 Å². The Morgan fingerprint density at radius 2 is 1.97 bits per heavy atom. The van der Waals surface area contributed by atoms with Gasteiger partial charge in [0.25, 0.3) is 0 Å². The first kappa shape index (κ1) is 21.8. The molecule has 1 aromatic heterocycles. The lowest BCUT2D eigenvalue weighted by Gasteiger charge is -2.16. The molecule has 0 unspecified atom stereocenters. The van der Waals surface area contributed by atoms with Crippen LogP contribution in [0.3, 0.4) is 0 Å². The third kappa shape index (κ3) is 6.00. The van der Waals surface area contributed by atoms with E-state index in [0.29, 0.717) is 0 Å². The van der Waals surface area contributed by atoms with Gasteiger partial charge in [-0.2, -0.15) is 13.2 Å². The van der Waals surface area contributed by atoms with Gasteiger partial charge in [-0.05, 0) is 29.2 Å². The number of alkyl halides is 3. The van der Waals surface area contributed by atoms with Gasteiger partial charge in [0.2, 0.25) is 0 Å². The highest BCUT2D eigenvalue weighted by Gasteiger charge is 2.38. The Hall–Kier alpha value is -3.48. The number of carbonyl (C=O) groups excluding carboxylic acids is 2. The molecule has 0 saturated heterocycles. The van der Waals surface area contributed by atoms with Crippen LogP contribution in [0.4, 0.5) is 24.8 Å². The lowest BCUT2D eigenvalue weighted by Crippen LogP contribution is -2.30. The molecule has 2 aromatic rings. The normalized spacial score (nSPS) is 12.3. The second kappa shape index (κ2) is 9.14. The third-order valence-corrected chi connectivity index (χ3v) is 3.52. The minimum Gasteiger partial charge on any atom is -0.453 e. The monoisotopic (exact) mass is 416 g/mol. The van der Waals surface area contributed by atoms with E-state index in [9.17, 15) is 32.9 Å². The summed E-state index contributed by atoms with van der Waals surface area (Å²) in [5.74, 6) is -3.41. The van der Waals surface area contributed by atoms with Crippen molar-refractivity contribution in [2.45, 2.75) is 18.8 Å². The third-order valence-electron chi connectivity index (χ3n) is 3.52. The Bertz CT molecular complexity index is 882. The predicted octanol–water partition coefficient (Wildman–Crippen LogP) is 2.16. The highest BCUT2D eigenvalue weighted by molar-refractivity contribution is 5.95. The minimum absolute atomic E-state index is 0.00348.